The number of halogens is 1. The summed E-state index contributed by atoms with van der Waals surface area (Å²) in [6, 6.07) is 7.25. The molecule has 1 amide bonds. The minimum Gasteiger partial charge on any atom is -0.495 e. The van der Waals surface area contributed by atoms with Gasteiger partial charge in [-0.2, -0.15) is 0 Å². The highest BCUT2D eigenvalue weighted by molar-refractivity contribution is 6.31. The lowest BCUT2D eigenvalue weighted by Gasteiger charge is -2.12. The number of nitrogens with one attached hydrogen (secondary N) is 1. The molecule has 0 atom stereocenters. The van der Waals surface area contributed by atoms with E-state index in [-0.39, 0.29) is 16.8 Å². The Hall–Kier alpha value is -3.13. The summed E-state index contributed by atoms with van der Waals surface area (Å²) >= 11 is 6.01. The summed E-state index contributed by atoms with van der Waals surface area (Å²) in [4.78, 5) is 34.6. The van der Waals surface area contributed by atoms with E-state index in [1.165, 1.54) is 32.2 Å². The molecular formula is C18H17ClN2O6. The van der Waals surface area contributed by atoms with Gasteiger partial charge in [0.05, 0.1) is 23.3 Å². The minimum atomic E-state index is -0.828. The molecule has 0 aliphatic rings. The van der Waals surface area contributed by atoms with Gasteiger partial charge >= 0.3 is 5.97 Å². The molecule has 2 rings (SSSR count). The zero-order chi connectivity index (χ0) is 20.1. The largest absolute Gasteiger partial charge is 0.495 e. The molecule has 0 aliphatic heterocycles. The number of hydrogen-bond donors (Lipinski definition) is 1. The number of amides is 1. The number of hydrogen-bond acceptors (Lipinski definition) is 6. The third-order valence-electron chi connectivity index (χ3n) is 3.81. The van der Waals surface area contributed by atoms with Crippen molar-refractivity contribution in [3.05, 3.63) is 62.2 Å². The number of ether oxygens (including phenoxy) is 2. The van der Waals surface area contributed by atoms with E-state index in [2.05, 4.69) is 5.32 Å². The molecule has 0 saturated heterocycles. The first-order valence-electron chi connectivity index (χ1n) is 7.79. The molecule has 27 heavy (non-hydrogen) atoms. The molecule has 8 nitrogen and oxygen atoms in total. The normalized spacial score (nSPS) is 10.2. The second-order valence-corrected chi connectivity index (χ2v) is 6.04. The Morgan fingerprint density at radius 3 is 2.59 bits per heavy atom. The van der Waals surface area contributed by atoms with E-state index in [0.717, 1.165) is 5.56 Å². The van der Waals surface area contributed by atoms with Crippen molar-refractivity contribution in [1.29, 1.82) is 0 Å². The van der Waals surface area contributed by atoms with Crippen LogP contribution in [0.2, 0.25) is 5.02 Å². The van der Waals surface area contributed by atoms with Crippen LogP contribution >= 0.6 is 11.6 Å². The van der Waals surface area contributed by atoms with Crippen LogP contribution in [0.5, 0.6) is 5.75 Å². The van der Waals surface area contributed by atoms with Gasteiger partial charge < -0.3 is 14.8 Å². The lowest BCUT2D eigenvalue weighted by atomic mass is 10.1. The van der Waals surface area contributed by atoms with Crippen molar-refractivity contribution in [3.8, 4) is 5.75 Å². The zero-order valence-electron chi connectivity index (χ0n) is 14.9. The van der Waals surface area contributed by atoms with Gasteiger partial charge in [0.15, 0.2) is 6.61 Å². The van der Waals surface area contributed by atoms with Crippen molar-refractivity contribution in [1.82, 2.24) is 0 Å². The Balaban J connectivity index is 2.06. The lowest BCUT2D eigenvalue weighted by molar-refractivity contribution is -0.385. The third-order valence-corrected chi connectivity index (χ3v) is 4.22. The lowest BCUT2D eigenvalue weighted by Crippen LogP contribution is -2.21. The summed E-state index contributed by atoms with van der Waals surface area (Å²) in [6.45, 7) is 2.64. The molecule has 2 aromatic carbocycles. The van der Waals surface area contributed by atoms with Crippen LogP contribution in [0, 0.1) is 24.0 Å². The summed E-state index contributed by atoms with van der Waals surface area (Å²) in [5, 5.41) is 14.0. The van der Waals surface area contributed by atoms with Gasteiger partial charge in [0.25, 0.3) is 11.6 Å². The summed E-state index contributed by atoms with van der Waals surface area (Å²) in [7, 11) is 1.43. The van der Waals surface area contributed by atoms with E-state index >= 15 is 0 Å². The number of nitro benzene ring substituents is 1. The second kappa shape index (κ2) is 8.50. The number of carbonyl (C=O) groups is 2. The number of nitrogens with zero attached hydrogens (tertiary/aromatic N) is 1. The first kappa shape index (κ1) is 20.2. The van der Waals surface area contributed by atoms with E-state index in [9.17, 15) is 19.7 Å². The maximum atomic E-state index is 12.2. The van der Waals surface area contributed by atoms with E-state index in [0.29, 0.717) is 16.5 Å². The SMILES string of the molecule is COc1cc(Cl)c(C)cc1NC(=O)COC(=O)c1cccc([N+](=O)[O-])c1C. The molecule has 0 unspecified atom stereocenters. The van der Waals surface area contributed by atoms with E-state index in [1.54, 1.807) is 19.1 Å². The highest BCUT2D eigenvalue weighted by Gasteiger charge is 2.20. The number of methoxy groups -OCH3 is 1. The minimum absolute atomic E-state index is 0.0249. The molecule has 9 heteroatoms. The van der Waals surface area contributed by atoms with Crippen LogP contribution < -0.4 is 10.1 Å². The highest BCUT2D eigenvalue weighted by Crippen LogP contribution is 2.30. The molecule has 0 heterocycles. The van der Waals surface area contributed by atoms with Gasteiger partial charge in [0, 0.05) is 22.7 Å². The van der Waals surface area contributed by atoms with Gasteiger partial charge in [-0.15, -0.1) is 0 Å². The molecule has 0 fully saturated rings. The number of anilines is 1. The van der Waals surface area contributed by atoms with Crippen LogP contribution in [0.15, 0.2) is 30.3 Å². The summed E-state index contributed by atoms with van der Waals surface area (Å²) in [5.41, 5.74) is 1.11. The van der Waals surface area contributed by atoms with Gasteiger partial charge in [0.2, 0.25) is 0 Å². The molecule has 0 radical (unpaired) electrons. The Bertz CT molecular complexity index is 913. The standard InChI is InChI=1S/C18H17ClN2O6/c1-10-7-14(16(26-3)8-13(10)19)20-17(22)9-27-18(23)12-5-4-6-15(11(12)2)21(24)25/h4-8H,9H2,1-3H3,(H,20,22). The molecular weight excluding hydrogens is 376 g/mol. The smallest absolute Gasteiger partial charge is 0.339 e. The summed E-state index contributed by atoms with van der Waals surface area (Å²) in [6.07, 6.45) is 0. The van der Waals surface area contributed by atoms with Crippen molar-refractivity contribution in [3.63, 3.8) is 0 Å². The third kappa shape index (κ3) is 4.73. The summed E-state index contributed by atoms with van der Waals surface area (Å²) in [5.74, 6) is -1.06. The fourth-order valence-corrected chi connectivity index (χ4v) is 2.52. The van der Waals surface area contributed by atoms with Crippen molar-refractivity contribution in [2.75, 3.05) is 19.0 Å². The Kier molecular flexibility index (Phi) is 6.36. The van der Waals surface area contributed by atoms with E-state index < -0.39 is 23.4 Å². The van der Waals surface area contributed by atoms with Gasteiger partial charge in [-0.05, 0) is 31.5 Å². The molecule has 0 saturated carbocycles. The monoisotopic (exact) mass is 392 g/mol. The molecule has 0 aromatic heterocycles. The van der Waals surface area contributed by atoms with E-state index in [1.807, 2.05) is 0 Å². The number of benzene rings is 2. The Morgan fingerprint density at radius 1 is 1.26 bits per heavy atom. The van der Waals surface area contributed by atoms with E-state index in [4.69, 9.17) is 21.1 Å². The predicted octanol–water partition coefficient (Wildman–Crippen LogP) is 3.67. The molecule has 0 bridgehead atoms. The molecule has 142 valence electrons. The van der Waals surface area contributed by atoms with Gasteiger partial charge in [0.1, 0.15) is 5.75 Å². The number of aryl methyl sites for hydroxylation is 1. The quantitative estimate of drug-likeness (QED) is 0.456. The van der Waals surface area contributed by atoms with Gasteiger partial charge in [-0.1, -0.05) is 17.7 Å². The van der Waals surface area contributed by atoms with Crippen LogP contribution in [0.25, 0.3) is 0 Å². The molecule has 1 N–H and O–H groups in total. The maximum absolute atomic E-state index is 12.2. The Labute approximate surface area is 160 Å². The Morgan fingerprint density at radius 2 is 1.96 bits per heavy atom. The first-order chi connectivity index (χ1) is 12.7. The molecule has 0 aliphatic carbocycles. The average molecular weight is 393 g/mol. The van der Waals surface area contributed by atoms with Crippen LogP contribution in [-0.2, 0) is 9.53 Å². The zero-order valence-corrected chi connectivity index (χ0v) is 15.6. The summed E-state index contributed by atoms with van der Waals surface area (Å²) < 4.78 is 10.1. The fraction of sp³-hybridized carbons (Fsp3) is 0.222. The fourth-order valence-electron chi connectivity index (χ4n) is 2.37. The van der Waals surface area contributed by atoms with Crippen LogP contribution in [0.4, 0.5) is 11.4 Å². The topological polar surface area (TPSA) is 108 Å². The van der Waals surface area contributed by atoms with Crippen molar-refractivity contribution >= 4 is 34.9 Å². The highest BCUT2D eigenvalue weighted by atomic mass is 35.5. The van der Waals surface area contributed by atoms with Gasteiger partial charge in [-0.25, -0.2) is 4.79 Å². The first-order valence-corrected chi connectivity index (χ1v) is 8.17. The number of esters is 1. The predicted molar refractivity (Wildman–Crippen MR) is 99.5 cm³/mol. The number of nitro groups is 1. The molecule has 0 spiro atoms. The maximum Gasteiger partial charge on any atom is 0.339 e. The van der Waals surface area contributed by atoms with Crippen molar-refractivity contribution in [2.45, 2.75) is 13.8 Å². The molecule has 2 aromatic rings. The van der Waals surface area contributed by atoms with Crippen molar-refractivity contribution in [2.24, 2.45) is 0 Å². The second-order valence-electron chi connectivity index (χ2n) is 5.63. The van der Waals surface area contributed by atoms with Gasteiger partial charge in [-0.3, -0.25) is 14.9 Å². The van der Waals surface area contributed by atoms with Crippen LogP contribution in [-0.4, -0.2) is 30.5 Å². The number of carbonyl (C=O) groups excluding carboxylic acids is 2. The van der Waals surface area contributed by atoms with Crippen molar-refractivity contribution < 1.29 is 24.0 Å². The van der Waals surface area contributed by atoms with Crippen LogP contribution in [0.3, 0.4) is 0 Å². The number of rotatable bonds is 6. The average Bonchev–Trinajstić information content (AvgIpc) is 2.62. The van der Waals surface area contributed by atoms with Crippen LogP contribution in [0.1, 0.15) is 21.5 Å².